The van der Waals surface area contributed by atoms with Gasteiger partial charge in [-0.25, -0.2) is 4.98 Å². The minimum Gasteiger partial charge on any atom is -0.497 e. The van der Waals surface area contributed by atoms with E-state index in [1.165, 1.54) is 6.26 Å². The maximum atomic E-state index is 12.4. The average molecular weight is 404 g/mol. The highest BCUT2D eigenvalue weighted by Gasteiger charge is 2.18. The minimum absolute atomic E-state index is 0.231. The Bertz CT molecular complexity index is 1130. The molecule has 4 rings (SSSR count). The first kappa shape index (κ1) is 19.7. The number of ether oxygens (including phenoxy) is 1. The fourth-order valence-electron chi connectivity index (χ4n) is 3.39. The van der Waals surface area contributed by atoms with Crippen molar-refractivity contribution >= 4 is 16.8 Å². The van der Waals surface area contributed by atoms with Gasteiger partial charge >= 0.3 is 0 Å². The van der Waals surface area contributed by atoms with Crippen LogP contribution in [-0.2, 0) is 12.8 Å². The van der Waals surface area contributed by atoms with Crippen LogP contribution in [0.2, 0.25) is 0 Å². The Hall–Kier alpha value is -3.58. The van der Waals surface area contributed by atoms with Crippen LogP contribution >= 0.6 is 0 Å². The van der Waals surface area contributed by atoms with Gasteiger partial charge < -0.3 is 25.2 Å². The second kappa shape index (κ2) is 8.84. The normalized spacial score (nSPS) is 12.1. The van der Waals surface area contributed by atoms with Crippen molar-refractivity contribution in [2.45, 2.75) is 18.9 Å². The molecular formula is C23H24N4O3. The zero-order chi connectivity index (χ0) is 20.9. The van der Waals surface area contributed by atoms with E-state index in [4.69, 9.17) is 14.9 Å². The van der Waals surface area contributed by atoms with Crippen LogP contribution in [0.3, 0.4) is 0 Å². The number of rotatable bonds is 8. The summed E-state index contributed by atoms with van der Waals surface area (Å²) in [5.74, 6) is 0.875. The number of H-pyrrole nitrogens is 1. The number of para-hydroxylation sites is 1. The van der Waals surface area contributed by atoms with E-state index in [1.54, 1.807) is 7.11 Å². The predicted molar refractivity (Wildman–Crippen MR) is 114 cm³/mol. The number of nitrogens with one attached hydrogen (secondary N) is 2. The lowest BCUT2D eigenvalue weighted by Crippen LogP contribution is -2.26. The first-order chi connectivity index (χ1) is 14.6. The molecule has 1 amide bonds. The lowest BCUT2D eigenvalue weighted by molar-refractivity contribution is 0.0949. The summed E-state index contributed by atoms with van der Waals surface area (Å²) < 4.78 is 10.6. The second-order valence-electron chi connectivity index (χ2n) is 7.10. The number of hydrogen-bond acceptors (Lipinski definition) is 5. The molecule has 4 aromatic rings. The summed E-state index contributed by atoms with van der Waals surface area (Å²) in [4.78, 5) is 19.9. The molecule has 154 valence electrons. The Kier molecular flexibility index (Phi) is 5.81. The molecule has 0 aliphatic rings. The number of amides is 1. The molecule has 7 nitrogen and oxygen atoms in total. The van der Waals surface area contributed by atoms with Crippen LogP contribution in [0.4, 0.5) is 0 Å². The Balaban J connectivity index is 1.32. The van der Waals surface area contributed by atoms with E-state index in [0.717, 1.165) is 27.8 Å². The van der Waals surface area contributed by atoms with Crippen LogP contribution in [0.1, 0.15) is 33.5 Å². The second-order valence-corrected chi connectivity index (χ2v) is 7.10. The Morgan fingerprint density at radius 1 is 1.23 bits per heavy atom. The molecule has 2 aromatic heterocycles. The number of benzene rings is 2. The third-order valence-electron chi connectivity index (χ3n) is 5.04. The Labute approximate surface area is 174 Å². The van der Waals surface area contributed by atoms with Gasteiger partial charge in [0.05, 0.1) is 13.2 Å². The van der Waals surface area contributed by atoms with Crippen molar-refractivity contribution in [1.29, 1.82) is 0 Å². The van der Waals surface area contributed by atoms with Crippen molar-refractivity contribution in [1.82, 2.24) is 15.3 Å². The topological polar surface area (TPSA) is 106 Å². The molecule has 0 saturated heterocycles. The molecule has 0 saturated carbocycles. The third-order valence-corrected chi connectivity index (χ3v) is 5.04. The lowest BCUT2D eigenvalue weighted by atomic mass is 10.1. The SMILES string of the molecule is COc1ccc(CCNC(=O)c2coc(C(N)Cc3c[nH]c4ccccc34)n2)cc1. The summed E-state index contributed by atoms with van der Waals surface area (Å²) >= 11 is 0. The zero-order valence-corrected chi connectivity index (χ0v) is 16.7. The van der Waals surface area contributed by atoms with E-state index in [-0.39, 0.29) is 11.6 Å². The zero-order valence-electron chi connectivity index (χ0n) is 16.7. The largest absolute Gasteiger partial charge is 0.497 e. The van der Waals surface area contributed by atoms with Gasteiger partial charge in [-0.05, 0) is 42.2 Å². The minimum atomic E-state index is -0.440. The summed E-state index contributed by atoms with van der Waals surface area (Å²) in [7, 11) is 1.63. The predicted octanol–water partition coefficient (Wildman–Crippen LogP) is 3.38. The van der Waals surface area contributed by atoms with Crippen molar-refractivity contribution in [3.05, 3.63) is 83.7 Å². The molecule has 0 aliphatic carbocycles. The van der Waals surface area contributed by atoms with Gasteiger partial charge in [-0.15, -0.1) is 0 Å². The highest BCUT2D eigenvalue weighted by atomic mass is 16.5. The summed E-state index contributed by atoms with van der Waals surface area (Å²) in [6.45, 7) is 0.495. The number of methoxy groups -OCH3 is 1. The number of nitrogens with zero attached hydrogens (tertiary/aromatic N) is 1. The molecule has 0 bridgehead atoms. The Morgan fingerprint density at radius 3 is 2.83 bits per heavy atom. The van der Waals surface area contributed by atoms with E-state index in [2.05, 4.69) is 15.3 Å². The van der Waals surface area contributed by atoms with Gasteiger partial charge in [0.15, 0.2) is 5.69 Å². The van der Waals surface area contributed by atoms with Crippen LogP contribution in [0, 0.1) is 0 Å². The van der Waals surface area contributed by atoms with Gasteiger partial charge in [0.2, 0.25) is 5.89 Å². The number of aromatic amines is 1. The summed E-state index contributed by atoms with van der Waals surface area (Å²) in [5.41, 5.74) is 9.76. The fraction of sp³-hybridized carbons (Fsp3) is 0.217. The molecule has 2 heterocycles. The van der Waals surface area contributed by atoms with Crippen LogP contribution in [0.25, 0.3) is 10.9 Å². The van der Waals surface area contributed by atoms with Crippen molar-refractivity contribution in [3.63, 3.8) is 0 Å². The van der Waals surface area contributed by atoms with Crippen molar-refractivity contribution in [2.75, 3.05) is 13.7 Å². The van der Waals surface area contributed by atoms with E-state index in [1.807, 2.05) is 54.7 Å². The van der Waals surface area contributed by atoms with Gasteiger partial charge in [0, 0.05) is 23.6 Å². The first-order valence-electron chi connectivity index (χ1n) is 9.81. The molecule has 0 fully saturated rings. The van der Waals surface area contributed by atoms with Crippen LogP contribution in [-0.4, -0.2) is 29.5 Å². The number of aromatic nitrogens is 2. The van der Waals surface area contributed by atoms with Crippen LogP contribution in [0.5, 0.6) is 5.75 Å². The fourth-order valence-corrected chi connectivity index (χ4v) is 3.39. The molecule has 2 aromatic carbocycles. The average Bonchev–Trinajstić information content (AvgIpc) is 3.42. The lowest BCUT2D eigenvalue weighted by Gasteiger charge is -2.06. The van der Waals surface area contributed by atoms with Gasteiger partial charge in [0.25, 0.3) is 5.91 Å². The van der Waals surface area contributed by atoms with Crippen LogP contribution in [0.15, 0.2) is 65.4 Å². The first-order valence-corrected chi connectivity index (χ1v) is 9.81. The molecule has 30 heavy (non-hydrogen) atoms. The van der Waals surface area contributed by atoms with Crippen molar-refractivity contribution < 1.29 is 13.9 Å². The van der Waals surface area contributed by atoms with Gasteiger partial charge in [-0.1, -0.05) is 30.3 Å². The van der Waals surface area contributed by atoms with Crippen molar-refractivity contribution in [2.24, 2.45) is 5.73 Å². The monoisotopic (exact) mass is 404 g/mol. The number of oxazole rings is 1. The molecular weight excluding hydrogens is 380 g/mol. The van der Waals surface area contributed by atoms with Gasteiger partial charge in [-0.2, -0.15) is 0 Å². The molecule has 1 unspecified atom stereocenters. The van der Waals surface area contributed by atoms with Gasteiger partial charge in [-0.3, -0.25) is 4.79 Å². The molecule has 0 radical (unpaired) electrons. The van der Waals surface area contributed by atoms with E-state index in [9.17, 15) is 4.79 Å². The molecule has 1 atom stereocenters. The summed E-state index contributed by atoms with van der Waals surface area (Å²) in [6.07, 6.45) is 4.57. The standard InChI is InChI=1S/C23H24N4O3/c1-29-17-8-6-15(7-9-17)10-11-25-22(28)21-14-30-23(27-21)19(24)12-16-13-26-20-5-3-2-4-18(16)20/h2-9,13-14,19,26H,10-12,24H2,1H3,(H,25,28). The summed E-state index contributed by atoms with van der Waals surface area (Å²) in [5, 5.41) is 3.98. The van der Waals surface area contributed by atoms with E-state index in [0.29, 0.717) is 25.3 Å². The molecule has 0 aliphatic heterocycles. The smallest absolute Gasteiger partial charge is 0.273 e. The molecule has 7 heteroatoms. The van der Waals surface area contributed by atoms with Gasteiger partial charge in [0.1, 0.15) is 12.0 Å². The number of carbonyl (C=O) groups excluding carboxylic acids is 1. The molecule has 4 N–H and O–H groups in total. The molecule has 0 spiro atoms. The third kappa shape index (κ3) is 4.36. The summed E-state index contributed by atoms with van der Waals surface area (Å²) in [6, 6.07) is 15.3. The highest BCUT2D eigenvalue weighted by molar-refractivity contribution is 5.91. The number of carbonyl (C=O) groups is 1. The Morgan fingerprint density at radius 2 is 2.03 bits per heavy atom. The number of nitrogens with two attached hydrogens (primary N) is 1. The highest BCUT2D eigenvalue weighted by Crippen LogP contribution is 2.23. The number of fused-ring (bicyclic) bond motifs is 1. The van der Waals surface area contributed by atoms with Crippen LogP contribution < -0.4 is 15.8 Å². The van der Waals surface area contributed by atoms with E-state index < -0.39 is 6.04 Å². The van der Waals surface area contributed by atoms with Crippen molar-refractivity contribution in [3.8, 4) is 5.75 Å². The maximum Gasteiger partial charge on any atom is 0.273 e. The number of hydrogen-bond donors (Lipinski definition) is 3. The van der Waals surface area contributed by atoms with E-state index >= 15 is 0 Å². The quantitative estimate of drug-likeness (QED) is 0.417. The maximum absolute atomic E-state index is 12.4.